The maximum Gasteiger partial charge on any atom is 0.263 e. The molecular weight excluding hydrogens is 476 g/mol. The number of sulfonamides is 1. The lowest BCUT2D eigenvalue weighted by atomic mass is 10.1. The number of thioether (sulfide) groups is 1. The molecule has 8 heteroatoms. The molecule has 2 N–H and O–H groups in total. The van der Waals surface area contributed by atoms with Gasteiger partial charge >= 0.3 is 0 Å². The van der Waals surface area contributed by atoms with Gasteiger partial charge in [0.15, 0.2) is 0 Å². The van der Waals surface area contributed by atoms with Crippen LogP contribution in [0, 0.1) is 20.8 Å². The molecule has 0 atom stereocenters. The molecule has 0 saturated carbocycles. The number of anilines is 1. The van der Waals surface area contributed by atoms with Gasteiger partial charge in [0.25, 0.3) is 15.9 Å². The summed E-state index contributed by atoms with van der Waals surface area (Å²) in [6, 6.07) is 17.9. The van der Waals surface area contributed by atoms with Crippen molar-refractivity contribution in [1.82, 2.24) is 5.32 Å². The van der Waals surface area contributed by atoms with Crippen molar-refractivity contribution >= 4 is 45.0 Å². The molecule has 0 saturated heterocycles. The van der Waals surface area contributed by atoms with E-state index in [0.29, 0.717) is 12.2 Å². The highest BCUT2D eigenvalue weighted by Gasteiger charge is 2.21. The van der Waals surface area contributed by atoms with Gasteiger partial charge in [-0.2, -0.15) is 11.8 Å². The van der Waals surface area contributed by atoms with E-state index >= 15 is 0 Å². The van der Waals surface area contributed by atoms with Crippen molar-refractivity contribution < 1.29 is 13.2 Å². The third-order valence-corrected chi connectivity index (χ3v) is 8.24. The molecule has 0 radical (unpaired) electrons. The predicted molar refractivity (Wildman–Crippen MR) is 138 cm³/mol. The summed E-state index contributed by atoms with van der Waals surface area (Å²) >= 11 is 7.91. The van der Waals surface area contributed by atoms with E-state index in [1.54, 1.807) is 23.9 Å². The van der Waals surface area contributed by atoms with Crippen molar-refractivity contribution in [3.05, 3.63) is 93.5 Å². The van der Waals surface area contributed by atoms with Crippen LogP contribution in [0.3, 0.4) is 0 Å². The van der Waals surface area contributed by atoms with E-state index in [4.69, 9.17) is 11.6 Å². The fraction of sp³-hybridized carbons (Fsp3) is 0.240. The largest absolute Gasteiger partial charge is 0.351 e. The quantitative estimate of drug-likeness (QED) is 0.366. The highest BCUT2D eigenvalue weighted by molar-refractivity contribution is 7.98. The number of hydrogen-bond donors (Lipinski definition) is 2. The Morgan fingerprint density at radius 3 is 2.45 bits per heavy atom. The van der Waals surface area contributed by atoms with Crippen molar-refractivity contribution in [3.63, 3.8) is 0 Å². The fourth-order valence-electron chi connectivity index (χ4n) is 3.20. The highest BCUT2D eigenvalue weighted by Crippen LogP contribution is 2.27. The zero-order valence-corrected chi connectivity index (χ0v) is 21.2. The topological polar surface area (TPSA) is 75.3 Å². The van der Waals surface area contributed by atoms with Crippen molar-refractivity contribution in [1.29, 1.82) is 0 Å². The Bertz CT molecular complexity index is 1260. The van der Waals surface area contributed by atoms with Gasteiger partial charge in [0.1, 0.15) is 4.90 Å². The second-order valence-electron chi connectivity index (χ2n) is 7.73. The molecule has 3 aromatic carbocycles. The summed E-state index contributed by atoms with van der Waals surface area (Å²) in [6.07, 6.45) is 0. The van der Waals surface area contributed by atoms with Gasteiger partial charge in [-0.05, 0) is 67.3 Å². The van der Waals surface area contributed by atoms with Crippen LogP contribution in [0.25, 0.3) is 0 Å². The normalized spacial score (nSPS) is 11.3. The number of benzene rings is 3. The van der Waals surface area contributed by atoms with Gasteiger partial charge in [0.05, 0.1) is 10.7 Å². The average molecular weight is 503 g/mol. The van der Waals surface area contributed by atoms with Crippen LogP contribution >= 0.6 is 23.4 Å². The number of amides is 1. The summed E-state index contributed by atoms with van der Waals surface area (Å²) < 4.78 is 28.6. The molecule has 1 amide bonds. The van der Waals surface area contributed by atoms with Crippen molar-refractivity contribution in [2.24, 2.45) is 0 Å². The van der Waals surface area contributed by atoms with Gasteiger partial charge in [0, 0.05) is 23.6 Å². The highest BCUT2D eigenvalue weighted by atomic mass is 35.5. The second-order valence-corrected chi connectivity index (χ2v) is 10.9. The molecule has 174 valence electrons. The zero-order valence-electron chi connectivity index (χ0n) is 18.8. The van der Waals surface area contributed by atoms with Gasteiger partial charge in [-0.3, -0.25) is 9.52 Å². The summed E-state index contributed by atoms with van der Waals surface area (Å²) in [5, 5.41) is 2.90. The van der Waals surface area contributed by atoms with Crippen LogP contribution in [0.15, 0.2) is 65.6 Å². The number of aryl methyl sites for hydroxylation is 2. The SMILES string of the molecule is Cc1ccccc1CSCCNC(=O)c1ccc(Cl)c(S(=O)(=O)Nc2cccc(C)c2C)c1. The number of halogens is 1. The van der Waals surface area contributed by atoms with Gasteiger partial charge < -0.3 is 5.32 Å². The minimum atomic E-state index is -3.97. The molecule has 33 heavy (non-hydrogen) atoms. The Balaban J connectivity index is 1.63. The summed E-state index contributed by atoms with van der Waals surface area (Å²) in [5.41, 5.74) is 5.04. The first-order valence-electron chi connectivity index (χ1n) is 10.5. The molecule has 3 rings (SSSR count). The molecule has 5 nitrogen and oxygen atoms in total. The minimum Gasteiger partial charge on any atom is -0.351 e. The van der Waals surface area contributed by atoms with Crippen LogP contribution < -0.4 is 10.0 Å². The predicted octanol–water partition coefficient (Wildman–Crippen LogP) is 5.73. The van der Waals surface area contributed by atoms with Crippen molar-refractivity contribution in [2.75, 3.05) is 17.0 Å². The summed E-state index contributed by atoms with van der Waals surface area (Å²) in [7, 11) is -3.97. The smallest absolute Gasteiger partial charge is 0.263 e. The molecule has 0 aliphatic heterocycles. The molecular formula is C25H27ClN2O3S2. The van der Waals surface area contributed by atoms with Crippen LogP contribution in [0.4, 0.5) is 5.69 Å². The number of carbonyl (C=O) groups excluding carboxylic acids is 1. The van der Waals surface area contributed by atoms with Gasteiger partial charge in [-0.15, -0.1) is 0 Å². The molecule has 3 aromatic rings. The Hall–Kier alpha value is -2.48. The van der Waals surface area contributed by atoms with E-state index in [0.717, 1.165) is 22.6 Å². The van der Waals surface area contributed by atoms with Crippen LogP contribution in [-0.4, -0.2) is 26.6 Å². The standard InChI is InChI=1S/C25H27ClN2O3S2/c1-17-8-6-10-23(19(17)3)28-33(30,31)24-15-20(11-12-22(24)26)25(29)27-13-14-32-16-21-9-5-4-7-18(21)2/h4-12,15,28H,13-14,16H2,1-3H3,(H,27,29). The first-order valence-corrected chi connectivity index (χ1v) is 13.5. The lowest BCUT2D eigenvalue weighted by molar-refractivity contribution is 0.0956. The lowest BCUT2D eigenvalue weighted by Crippen LogP contribution is -2.26. The first-order chi connectivity index (χ1) is 15.7. The van der Waals surface area contributed by atoms with Gasteiger partial charge in [-0.1, -0.05) is 48.0 Å². The molecule has 0 spiro atoms. The van der Waals surface area contributed by atoms with Crippen LogP contribution in [0.1, 0.15) is 32.6 Å². The summed E-state index contributed by atoms with van der Waals surface area (Å²) in [4.78, 5) is 12.5. The van der Waals surface area contributed by atoms with E-state index in [1.807, 2.05) is 32.0 Å². The molecule has 0 bridgehead atoms. The minimum absolute atomic E-state index is 0.0538. The fourth-order valence-corrected chi connectivity index (χ4v) is 5.79. The molecule has 0 heterocycles. The van der Waals surface area contributed by atoms with E-state index < -0.39 is 10.0 Å². The molecule has 0 fully saturated rings. The Morgan fingerprint density at radius 1 is 0.970 bits per heavy atom. The third-order valence-electron chi connectivity index (χ3n) is 5.38. The number of carbonyl (C=O) groups is 1. The lowest BCUT2D eigenvalue weighted by Gasteiger charge is -2.14. The van der Waals surface area contributed by atoms with Gasteiger partial charge in [0.2, 0.25) is 0 Å². The second kappa shape index (κ2) is 11.1. The average Bonchev–Trinajstić information content (AvgIpc) is 2.78. The number of rotatable bonds is 9. The first kappa shape index (κ1) is 25.1. The Morgan fingerprint density at radius 2 is 1.70 bits per heavy atom. The van der Waals surface area contributed by atoms with E-state index in [1.165, 1.54) is 29.3 Å². The summed E-state index contributed by atoms with van der Waals surface area (Å²) in [5.74, 6) is 1.27. The van der Waals surface area contributed by atoms with Crippen molar-refractivity contribution in [2.45, 2.75) is 31.4 Å². The van der Waals surface area contributed by atoms with E-state index in [2.05, 4.69) is 29.1 Å². The Kier molecular flexibility index (Phi) is 8.46. The van der Waals surface area contributed by atoms with Crippen LogP contribution in [0.2, 0.25) is 5.02 Å². The third kappa shape index (κ3) is 6.53. The zero-order chi connectivity index (χ0) is 24.0. The monoisotopic (exact) mass is 502 g/mol. The van der Waals surface area contributed by atoms with E-state index in [9.17, 15) is 13.2 Å². The van der Waals surface area contributed by atoms with Gasteiger partial charge in [-0.25, -0.2) is 8.42 Å². The molecule has 0 unspecified atom stereocenters. The molecule has 0 aromatic heterocycles. The maximum absolute atomic E-state index is 13.0. The Labute approximate surface area is 205 Å². The van der Waals surface area contributed by atoms with E-state index in [-0.39, 0.29) is 21.4 Å². The number of hydrogen-bond acceptors (Lipinski definition) is 4. The number of nitrogens with one attached hydrogen (secondary N) is 2. The summed E-state index contributed by atoms with van der Waals surface area (Å²) in [6.45, 7) is 6.31. The maximum atomic E-state index is 13.0. The molecule has 0 aliphatic carbocycles. The van der Waals surface area contributed by atoms with Crippen LogP contribution in [0.5, 0.6) is 0 Å². The van der Waals surface area contributed by atoms with Crippen molar-refractivity contribution in [3.8, 4) is 0 Å². The molecule has 0 aliphatic rings. The van der Waals surface area contributed by atoms with Crippen LogP contribution in [-0.2, 0) is 15.8 Å².